The number of nitrogens with one attached hydrogen (secondary N) is 2. The van der Waals surface area contributed by atoms with Gasteiger partial charge in [0.15, 0.2) is 0 Å². The largest absolute Gasteiger partial charge is 0.416 e. The Morgan fingerprint density at radius 3 is 2.65 bits per heavy atom. The molecule has 1 rings (SSSR count). The molecule has 1 amide bonds. The third-order valence-corrected chi connectivity index (χ3v) is 2.40. The first-order chi connectivity index (χ1) is 9.32. The van der Waals surface area contributed by atoms with E-state index in [0.717, 1.165) is 18.6 Å². The van der Waals surface area contributed by atoms with Crippen LogP contribution < -0.4 is 16.4 Å². The Labute approximate surface area is 114 Å². The molecule has 1 heterocycles. The van der Waals surface area contributed by atoms with Crippen molar-refractivity contribution in [3.05, 3.63) is 17.7 Å². The van der Waals surface area contributed by atoms with E-state index < -0.39 is 11.7 Å². The number of carbonyl (C=O) groups excluding carboxylic acids is 1. The summed E-state index contributed by atoms with van der Waals surface area (Å²) < 4.78 is 37.7. The second-order valence-corrected chi connectivity index (χ2v) is 4.19. The van der Waals surface area contributed by atoms with Crippen molar-refractivity contribution >= 4 is 17.5 Å². The standard InChI is InChI=1S/C12H17F3N4O/c1-2-4-18-11(20)3-5-17-10-7-8(12(13,14)15)6-9(16)19-10/h6-7H,2-5H2,1H3,(H,18,20)(H3,16,17,19). The van der Waals surface area contributed by atoms with Crippen LogP contribution >= 0.6 is 0 Å². The Hall–Kier alpha value is -1.99. The number of pyridine rings is 1. The quantitative estimate of drug-likeness (QED) is 0.748. The molecular weight excluding hydrogens is 273 g/mol. The maximum Gasteiger partial charge on any atom is 0.416 e. The first-order valence-electron chi connectivity index (χ1n) is 6.18. The highest BCUT2D eigenvalue weighted by atomic mass is 19.4. The molecule has 0 aliphatic carbocycles. The summed E-state index contributed by atoms with van der Waals surface area (Å²) in [5.41, 5.74) is 4.45. The van der Waals surface area contributed by atoms with Crippen molar-refractivity contribution in [2.75, 3.05) is 24.1 Å². The number of amides is 1. The molecule has 5 nitrogen and oxygen atoms in total. The second kappa shape index (κ2) is 6.97. The summed E-state index contributed by atoms with van der Waals surface area (Å²) in [5.74, 6) is -0.391. The molecular formula is C12H17F3N4O. The zero-order chi connectivity index (χ0) is 15.2. The average molecular weight is 290 g/mol. The van der Waals surface area contributed by atoms with Crippen LogP contribution in [-0.4, -0.2) is 24.0 Å². The molecule has 0 saturated heterocycles. The van der Waals surface area contributed by atoms with Crippen molar-refractivity contribution in [2.24, 2.45) is 0 Å². The van der Waals surface area contributed by atoms with Gasteiger partial charge in [-0.1, -0.05) is 6.92 Å². The number of anilines is 2. The maximum absolute atomic E-state index is 12.6. The molecule has 8 heteroatoms. The average Bonchev–Trinajstić information content (AvgIpc) is 2.34. The van der Waals surface area contributed by atoms with Crippen molar-refractivity contribution in [1.29, 1.82) is 0 Å². The number of carbonyl (C=O) groups is 1. The van der Waals surface area contributed by atoms with E-state index in [4.69, 9.17) is 5.73 Å². The Kier molecular flexibility index (Phi) is 5.60. The number of nitrogens with zero attached hydrogens (tertiary/aromatic N) is 1. The molecule has 112 valence electrons. The van der Waals surface area contributed by atoms with Crippen LogP contribution in [0.2, 0.25) is 0 Å². The lowest BCUT2D eigenvalue weighted by atomic mass is 10.2. The number of halogens is 3. The number of nitrogen functional groups attached to an aromatic ring is 1. The third-order valence-electron chi connectivity index (χ3n) is 2.40. The van der Waals surface area contributed by atoms with Crippen LogP contribution in [0.1, 0.15) is 25.3 Å². The molecule has 0 aliphatic heterocycles. The summed E-state index contributed by atoms with van der Waals surface area (Å²) in [6, 6.07) is 1.62. The zero-order valence-corrected chi connectivity index (χ0v) is 11.0. The van der Waals surface area contributed by atoms with Crippen molar-refractivity contribution in [3.63, 3.8) is 0 Å². The van der Waals surface area contributed by atoms with Crippen molar-refractivity contribution < 1.29 is 18.0 Å². The van der Waals surface area contributed by atoms with Gasteiger partial charge in [0.05, 0.1) is 5.56 Å². The summed E-state index contributed by atoms with van der Waals surface area (Å²) in [7, 11) is 0. The van der Waals surface area contributed by atoms with Crippen molar-refractivity contribution in [1.82, 2.24) is 10.3 Å². The highest BCUT2D eigenvalue weighted by Crippen LogP contribution is 2.31. The van der Waals surface area contributed by atoms with Crippen LogP contribution in [0.15, 0.2) is 12.1 Å². The molecule has 0 aliphatic rings. The van der Waals surface area contributed by atoms with Crippen molar-refractivity contribution in [2.45, 2.75) is 25.9 Å². The van der Waals surface area contributed by atoms with E-state index in [0.29, 0.717) is 6.54 Å². The number of hydrogen-bond acceptors (Lipinski definition) is 4. The van der Waals surface area contributed by atoms with Gasteiger partial charge in [-0.2, -0.15) is 13.2 Å². The van der Waals surface area contributed by atoms with E-state index in [1.807, 2.05) is 6.92 Å². The molecule has 0 radical (unpaired) electrons. The molecule has 0 fully saturated rings. The smallest absolute Gasteiger partial charge is 0.384 e. The van der Waals surface area contributed by atoms with Crippen LogP contribution in [0.4, 0.5) is 24.8 Å². The highest BCUT2D eigenvalue weighted by molar-refractivity contribution is 5.76. The Morgan fingerprint density at radius 1 is 1.35 bits per heavy atom. The molecule has 1 aromatic rings. The molecule has 0 aromatic carbocycles. The molecule has 0 saturated carbocycles. The Bertz CT molecular complexity index is 463. The van der Waals surface area contributed by atoms with Crippen LogP contribution in [-0.2, 0) is 11.0 Å². The number of hydrogen-bond donors (Lipinski definition) is 3. The van der Waals surface area contributed by atoms with Gasteiger partial charge in [0.1, 0.15) is 11.6 Å². The van der Waals surface area contributed by atoms with Gasteiger partial charge >= 0.3 is 6.18 Å². The number of alkyl halides is 3. The summed E-state index contributed by atoms with van der Waals surface area (Å²) in [5, 5.41) is 5.31. The van der Waals surface area contributed by atoms with Crippen LogP contribution in [0.3, 0.4) is 0 Å². The van der Waals surface area contributed by atoms with E-state index >= 15 is 0 Å². The van der Waals surface area contributed by atoms with Crippen LogP contribution in [0.5, 0.6) is 0 Å². The summed E-state index contributed by atoms with van der Waals surface area (Å²) in [4.78, 5) is 15.1. The summed E-state index contributed by atoms with van der Waals surface area (Å²) in [6.45, 7) is 2.69. The molecule has 20 heavy (non-hydrogen) atoms. The van der Waals surface area contributed by atoms with E-state index in [1.54, 1.807) is 0 Å². The van der Waals surface area contributed by atoms with Gasteiger partial charge in [-0.15, -0.1) is 0 Å². The fourth-order valence-corrected chi connectivity index (χ4v) is 1.46. The topological polar surface area (TPSA) is 80.0 Å². The van der Waals surface area contributed by atoms with Crippen LogP contribution in [0, 0.1) is 0 Å². The lowest BCUT2D eigenvalue weighted by molar-refractivity contribution is -0.137. The van der Waals surface area contributed by atoms with Gasteiger partial charge in [-0.05, 0) is 18.6 Å². The number of nitrogens with two attached hydrogens (primary N) is 1. The minimum Gasteiger partial charge on any atom is -0.384 e. The maximum atomic E-state index is 12.6. The van der Waals surface area contributed by atoms with Crippen molar-refractivity contribution in [3.8, 4) is 0 Å². The van der Waals surface area contributed by atoms with Gasteiger partial charge in [0.25, 0.3) is 0 Å². The van der Waals surface area contributed by atoms with Crippen LogP contribution in [0.25, 0.3) is 0 Å². The van der Waals surface area contributed by atoms with Gasteiger partial charge in [-0.3, -0.25) is 4.79 Å². The number of aromatic nitrogens is 1. The Morgan fingerprint density at radius 2 is 2.05 bits per heavy atom. The molecule has 4 N–H and O–H groups in total. The molecule has 0 atom stereocenters. The van der Waals surface area contributed by atoms with Gasteiger partial charge in [0.2, 0.25) is 5.91 Å². The fourth-order valence-electron chi connectivity index (χ4n) is 1.46. The molecule has 0 spiro atoms. The third kappa shape index (κ3) is 5.33. The minimum absolute atomic E-state index is 0.000571. The highest BCUT2D eigenvalue weighted by Gasteiger charge is 2.31. The second-order valence-electron chi connectivity index (χ2n) is 4.19. The number of rotatable bonds is 6. The summed E-state index contributed by atoms with van der Waals surface area (Å²) >= 11 is 0. The Balaban J connectivity index is 2.56. The molecule has 1 aromatic heterocycles. The minimum atomic E-state index is -4.48. The predicted molar refractivity (Wildman–Crippen MR) is 70.1 cm³/mol. The zero-order valence-electron chi connectivity index (χ0n) is 11.0. The molecule has 0 unspecified atom stereocenters. The summed E-state index contributed by atoms with van der Waals surface area (Å²) in [6.07, 6.45) is -3.51. The van der Waals surface area contributed by atoms with Gasteiger partial charge < -0.3 is 16.4 Å². The predicted octanol–water partition coefficient (Wildman–Crippen LogP) is 2.01. The first kappa shape index (κ1) is 16.1. The van der Waals surface area contributed by atoms with E-state index in [2.05, 4.69) is 15.6 Å². The SMILES string of the molecule is CCCNC(=O)CCNc1cc(C(F)(F)F)cc(N)n1. The normalized spacial score (nSPS) is 11.2. The van der Waals surface area contributed by atoms with Gasteiger partial charge in [0, 0.05) is 19.5 Å². The lowest BCUT2D eigenvalue weighted by Crippen LogP contribution is -2.26. The lowest BCUT2D eigenvalue weighted by Gasteiger charge is -2.11. The monoisotopic (exact) mass is 290 g/mol. The molecule has 0 bridgehead atoms. The van der Waals surface area contributed by atoms with Gasteiger partial charge in [-0.25, -0.2) is 4.98 Å². The van der Waals surface area contributed by atoms with E-state index in [9.17, 15) is 18.0 Å². The van der Waals surface area contributed by atoms with E-state index in [-0.39, 0.29) is 30.5 Å². The van der Waals surface area contributed by atoms with E-state index in [1.165, 1.54) is 0 Å². The first-order valence-corrected chi connectivity index (χ1v) is 6.18. The fraction of sp³-hybridized carbons (Fsp3) is 0.500.